The zero-order chi connectivity index (χ0) is 13.2. The molecule has 0 spiro atoms. The SMILES string of the molecule is Cc1ccccc1Sc1nc2ccccn2c1C=O. The highest BCUT2D eigenvalue weighted by atomic mass is 32.2. The quantitative estimate of drug-likeness (QED) is 0.681. The molecule has 0 amide bonds. The van der Waals surface area contributed by atoms with Crippen molar-refractivity contribution in [1.82, 2.24) is 9.38 Å². The summed E-state index contributed by atoms with van der Waals surface area (Å²) in [6.07, 6.45) is 2.72. The molecule has 0 bridgehead atoms. The number of aldehydes is 1. The van der Waals surface area contributed by atoms with Crippen LogP contribution in [0.4, 0.5) is 0 Å². The molecule has 0 saturated heterocycles. The van der Waals surface area contributed by atoms with Crippen molar-refractivity contribution in [2.75, 3.05) is 0 Å². The van der Waals surface area contributed by atoms with Crippen molar-refractivity contribution < 1.29 is 4.79 Å². The molecule has 3 nitrogen and oxygen atoms in total. The Bertz CT molecular complexity index is 749. The van der Waals surface area contributed by atoms with Crippen molar-refractivity contribution in [3.63, 3.8) is 0 Å². The van der Waals surface area contributed by atoms with Gasteiger partial charge < -0.3 is 0 Å². The van der Waals surface area contributed by atoms with Gasteiger partial charge in [-0.1, -0.05) is 36.0 Å². The lowest BCUT2D eigenvalue weighted by molar-refractivity contribution is 0.111. The predicted molar refractivity (Wildman–Crippen MR) is 75.9 cm³/mol. The van der Waals surface area contributed by atoms with E-state index in [1.54, 1.807) is 0 Å². The Balaban J connectivity index is 2.10. The van der Waals surface area contributed by atoms with Gasteiger partial charge >= 0.3 is 0 Å². The van der Waals surface area contributed by atoms with Crippen molar-refractivity contribution in [3.8, 4) is 0 Å². The molecule has 19 heavy (non-hydrogen) atoms. The first-order valence-electron chi connectivity index (χ1n) is 5.95. The normalized spacial score (nSPS) is 10.8. The number of aromatic nitrogens is 2. The second kappa shape index (κ2) is 4.90. The standard InChI is InChI=1S/C15H12N2OS/c1-11-6-2-3-7-13(11)19-15-12(10-18)17-9-5-4-8-14(17)16-15/h2-10H,1H3. The zero-order valence-corrected chi connectivity index (χ0v) is 11.2. The highest BCUT2D eigenvalue weighted by Crippen LogP contribution is 2.31. The highest BCUT2D eigenvalue weighted by Gasteiger charge is 2.13. The van der Waals surface area contributed by atoms with Gasteiger partial charge in [-0.25, -0.2) is 4.98 Å². The molecule has 2 heterocycles. The fraction of sp³-hybridized carbons (Fsp3) is 0.0667. The summed E-state index contributed by atoms with van der Waals surface area (Å²) in [5, 5.41) is 0.746. The summed E-state index contributed by atoms with van der Waals surface area (Å²) >= 11 is 1.53. The number of pyridine rings is 1. The summed E-state index contributed by atoms with van der Waals surface area (Å²) in [5.74, 6) is 0. The van der Waals surface area contributed by atoms with Gasteiger partial charge in [0.2, 0.25) is 0 Å². The molecule has 0 atom stereocenters. The van der Waals surface area contributed by atoms with Crippen LogP contribution in [0.15, 0.2) is 58.6 Å². The van der Waals surface area contributed by atoms with Gasteiger partial charge in [0.15, 0.2) is 6.29 Å². The van der Waals surface area contributed by atoms with E-state index in [1.165, 1.54) is 17.3 Å². The molecule has 0 saturated carbocycles. The molecule has 0 fully saturated rings. The first-order chi connectivity index (χ1) is 9.29. The maximum Gasteiger partial charge on any atom is 0.169 e. The number of rotatable bonds is 3. The summed E-state index contributed by atoms with van der Waals surface area (Å²) in [4.78, 5) is 16.9. The molecule has 0 aliphatic rings. The number of aryl methyl sites for hydroxylation is 1. The van der Waals surface area contributed by atoms with Gasteiger partial charge in [0.1, 0.15) is 16.4 Å². The molecule has 1 aromatic carbocycles. The van der Waals surface area contributed by atoms with Gasteiger partial charge in [-0.05, 0) is 30.7 Å². The fourth-order valence-corrected chi connectivity index (χ4v) is 2.92. The Morgan fingerprint density at radius 1 is 1.16 bits per heavy atom. The van der Waals surface area contributed by atoms with Crippen molar-refractivity contribution in [3.05, 3.63) is 59.9 Å². The monoisotopic (exact) mass is 268 g/mol. The lowest BCUT2D eigenvalue weighted by atomic mass is 10.2. The summed E-state index contributed by atoms with van der Waals surface area (Å²) in [6, 6.07) is 13.8. The van der Waals surface area contributed by atoms with E-state index < -0.39 is 0 Å². The van der Waals surface area contributed by atoms with Crippen LogP contribution >= 0.6 is 11.8 Å². The first kappa shape index (κ1) is 12.0. The molecular weight excluding hydrogens is 256 g/mol. The molecule has 0 aliphatic carbocycles. The fourth-order valence-electron chi connectivity index (χ4n) is 1.95. The predicted octanol–water partition coefficient (Wildman–Crippen LogP) is 3.61. The summed E-state index contributed by atoms with van der Waals surface area (Å²) in [7, 11) is 0. The number of fused-ring (bicyclic) bond motifs is 1. The maximum atomic E-state index is 11.3. The van der Waals surface area contributed by atoms with E-state index in [0.29, 0.717) is 5.69 Å². The van der Waals surface area contributed by atoms with E-state index in [-0.39, 0.29) is 0 Å². The van der Waals surface area contributed by atoms with Crippen molar-refractivity contribution in [1.29, 1.82) is 0 Å². The third-order valence-corrected chi connectivity index (χ3v) is 4.12. The molecule has 94 valence electrons. The average Bonchev–Trinajstić information content (AvgIpc) is 2.78. The van der Waals surface area contributed by atoms with Crippen molar-refractivity contribution in [2.45, 2.75) is 16.8 Å². The van der Waals surface area contributed by atoms with E-state index in [1.807, 2.05) is 47.0 Å². The van der Waals surface area contributed by atoms with Crippen LogP contribution in [-0.2, 0) is 0 Å². The Morgan fingerprint density at radius 3 is 2.74 bits per heavy atom. The maximum absolute atomic E-state index is 11.3. The van der Waals surface area contributed by atoms with Crippen LogP contribution < -0.4 is 0 Å². The average molecular weight is 268 g/mol. The number of carbonyl (C=O) groups is 1. The van der Waals surface area contributed by atoms with Gasteiger partial charge in [0, 0.05) is 11.1 Å². The third kappa shape index (κ3) is 2.15. The second-order valence-corrected chi connectivity index (χ2v) is 5.25. The van der Waals surface area contributed by atoms with Gasteiger partial charge in [-0.2, -0.15) is 0 Å². The van der Waals surface area contributed by atoms with Crippen LogP contribution in [0.1, 0.15) is 16.1 Å². The smallest absolute Gasteiger partial charge is 0.169 e. The van der Waals surface area contributed by atoms with Crippen LogP contribution in [0.25, 0.3) is 5.65 Å². The van der Waals surface area contributed by atoms with Crippen molar-refractivity contribution >= 4 is 23.7 Å². The van der Waals surface area contributed by atoms with E-state index in [0.717, 1.165) is 21.9 Å². The van der Waals surface area contributed by atoms with Crippen LogP contribution in [-0.4, -0.2) is 15.7 Å². The topological polar surface area (TPSA) is 34.4 Å². The highest BCUT2D eigenvalue weighted by molar-refractivity contribution is 7.99. The number of hydrogen-bond donors (Lipinski definition) is 0. The largest absolute Gasteiger partial charge is 0.296 e. The van der Waals surface area contributed by atoms with E-state index in [9.17, 15) is 4.79 Å². The van der Waals surface area contributed by atoms with Crippen LogP contribution in [0, 0.1) is 6.92 Å². The number of carbonyl (C=O) groups excluding carboxylic acids is 1. The second-order valence-electron chi connectivity index (χ2n) is 4.22. The van der Waals surface area contributed by atoms with E-state index in [4.69, 9.17) is 0 Å². The molecule has 4 heteroatoms. The first-order valence-corrected chi connectivity index (χ1v) is 6.77. The zero-order valence-electron chi connectivity index (χ0n) is 10.4. The molecular formula is C15H12N2OS. The van der Waals surface area contributed by atoms with Crippen LogP contribution in [0.2, 0.25) is 0 Å². The minimum atomic E-state index is 0.601. The number of nitrogens with zero attached hydrogens (tertiary/aromatic N) is 2. The van der Waals surface area contributed by atoms with Gasteiger partial charge in [-0.15, -0.1) is 0 Å². The minimum absolute atomic E-state index is 0.601. The molecule has 2 aromatic heterocycles. The number of imidazole rings is 1. The lowest BCUT2D eigenvalue weighted by Crippen LogP contribution is -1.90. The number of hydrogen-bond acceptors (Lipinski definition) is 3. The molecule has 0 radical (unpaired) electrons. The Hall–Kier alpha value is -2.07. The van der Waals surface area contributed by atoms with Crippen LogP contribution in [0.5, 0.6) is 0 Å². The third-order valence-electron chi connectivity index (χ3n) is 2.94. The Morgan fingerprint density at radius 2 is 1.95 bits per heavy atom. The van der Waals surface area contributed by atoms with Crippen LogP contribution in [0.3, 0.4) is 0 Å². The summed E-state index contributed by atoms with van der Waals surface area (Å²) < 4.78 is 1.81. The van der Waals surface area contributed by atoms with E-state index in [2.05, 4.69) is 18.0 Å². The molecule has 3 aromatic rings. The van der Waals surface area contributed by atoms with E-state index >= 15 is 0 Å². The van der Waals surface area contributed by atoms with Gasteiger partial charge in [-0.3, -0.25) is 9.20 Å². The minimum Gasteiger partial charge on any atom is -0.296 e. The molecule has 0 unspecified atom stereocenters. The lowest BCUT2D eigenvalue weighted by Gasteiger charge is -2.02. The summed E-state index contributed by atoms with van der Waals surface area (Å²) in [5.41, 5.74) is 2.57. The molecule has 3 rings (SSSR count). The van der Waals surface area contributed by atoms with Crippen molar-refractivity contribution in [2.24, 2.45) is 0 Å². The Kier molecular flexibility index (Phi) is 3.09. The molecule has 0 aliphatic heterocycles. The van der Waals surface area contributed by atoms with Gasteiger partial charge in [0.05, 0.1) is 0 Å². The molecule has 0 N–H and O–H groups in total. The number of benzene rings is 1. The Labute approximate surface area is 115 Å². The van der Waals surface area contributed by atoms with Gasteiger partial charge in [0.25, 0.3) is 0 Å². The summed E-state index contributed by atoms with van der Waals surface area (Å²) in [6.45, 7) is 2.05.